The standard InChI is InChI=1S/C25H35F3N2O5/c1-6-17(31)24(34)19(32)13(11-35-21-29-9-14(10-30-21)25(26,27)28)8-15-18-16(22(18,3)4)7-12(2)23(24,5)20(15)33/h8-10,12,15-20,31-34H,6-7,11H2,1-5H3/t12-,15+,16-,17+,18+,19-,20?,23+,24-/m1/s1. The summed E-state index contributed by atoms with van der Waals surface area (Å²) >= 11 is 0. The van der Waals surface area contributed by atoms with Gasteiger partial charge in [0.25, 0.3) is 0 Å². The maximum absolute atomic E-state index is 12.8. The fraction of sp³-hybridized carbons (Fsp3) is 0.760. The van der Waals surface area contributed by atoms with E-state index in [1.54, 1.807) is 19.9 Å². The van der Waals surface area contributed by atoms with Gasteiger partial charge in [-0.25, -0.2) is 9.97 Å². The van der Waals surface area contributed by atoms with E-state index < -0.39 is 47.0 Å². The van der Waals surface area contributed by atoms with Crippen LogP contribution in [0.1, 0.15) is 53.0 Å². The first-order valence-electron chi connectivity index (χ1n) is 12.1. The highest BCUT2D eigenvalue weighted by atomic mass is 19.4. The zero-order valence-corrected chi connectivity index (χ0v) is 20.6. The lowest BCUT2D eigenvalue weighted by molar-refractivity contribution is -0.247. The first-order valence-corrected chi connectivity index (χ1v) is 12.1. The van der Waals surface area contributed by atoms with Crippen LogP contribution in [0.15, 0.2) is 24.0 Å². The van der Waals surface area contributed by atoms with Crippen LogP contribution >= 0.6 is 0 Å². The van der Waals surface area contributed by atoms with E-state index in [0.29, 0.717) is 18.3 Å². The van der Waals surface area contributed by atoms with Crippen molar-refractivity contribution in [2.45, 2.75) is 77.5 Å². The Morgan fingerprint density at radius 3 is 2.31 bits per heavy atom. The van der Waals surface area contributed by atoms with E-state index in [-0.39, 0.29) is 41.9 Å². The number of hydrogen-bond donors (Lipinski definition) is 4. The first-order chi connectivity index (χ1) is 16.1. The molecule has 0 aromatic carbocycles. The summed E-state index contributed by atoms with van der Waals surface area (Å²) in [4.78, 5) is 7.22. The van der Waals surface area contributed by atoms with E-state index in [0.717, 1.165) is 6.42 Å². The van der Waals surface area contributed by atoms with E-state index >= 15 is 0 Å². The van der Waals surface area contributed by atoms with Gasteiger partial charge >= 0.3 is 12.2 Å². The Hall–Kier alpha value is -1.75. The van der Waals surface area contributed by atoms with Crippen LogP contribution in [0.2, 0.25) is 0 Å². The predicted molar refractivity (Wildman–Crippen MR) is 120 cm³/mol. The van der Waals surface area contributed by atoms with Crippen molar-refractivity contribution in [3.63, 3.8) is 0 Å². The van der Waals surface area contributed by atoms with Crippen LogP contribution in [-0.4, -0.2) is 60.9 Å². The molecular formula is C25H35F3N2O5. The number of fused-ring (bicyclic) bond motifs is 4. The summed E-state index contributed by atoms with van der Waals surface area (Å²) in [5.41, 5.74) is -4.16. The van der Waals surface area contributed by atoms with Gasteiger partial charge in [0.1, 0.15) is 18.3 Å². The van der Waals surface area contributed by atoms with Gasteiger partial charge in [-0.1, -0.05) is 40.7 Å². The van der Waals surface area contributed by atoms with Crippen LogP contribution in [0.4, 0.5) is 13.2 Å². The van der Waals surface area contributed by atoms with Crippen molar-refractivity contribution in [3.05, 3.63) is 29.6 Å². The van der Waals surface area contributed by atoms with Crippen molar-refractivity contribution in [1.82, 2.24) is 9.97 Å². The van der Waals surface area contributed by atoms with E-state index in [1.165, 1.54) is 0 Å². The molecule has 1 aromatic heterocycles. The number of hydrogen-bond acceptors (Lipinski definition) is 7. The molecular weight excluding hydrogens is 465 g/mol. The molecule has 1 unspecified atom stereocenters. The highest BCUT2D eigenvalue weighted by Crippen LogP contribution is 2.71. The molecule has 7 nitrogen and oxygen atoms in total. The fourth-order valence-electron chi connectivity index (χ4n) is 6.92. The van der Waals surface area contributed by atoms with Crippen LogP contribution in [0.25, 0.3) is 0 Å². The van der Waals surface area contributed by atoms with Gasteiger partial charge in [0, 0.05) is 23.7 Å². The van der Waals surface area contributed by atoms with Crippen molar-refractivity contribution in [3.8, 4) is 6.01 Å². The monoisotopic (exact) mass is 500 g/mol. The van der Waals surface area contributed by atoms with Crippen LogP contribution < -0.4 is 4.74 Å². The van der Waals surface area contributed by atoms with Crippen LogP contribution in [0, 0.1) is 34.5 Å². The number of alkyl halides is 3. The second-order valence-corrected chi connectivity index (χ2v) is 11.3. The average Bonchev–Trinajstić information content (AvgIpc) is 3.37. The number of aliphatic hydroxyl groups excluding tert-OH is 3. The second kappa shape index (κ2) is 8.39. The molecule has 2 bridgehead atoms. The van der Waals surface area contributed by atoms with Crippen molar-refractivity contribution in [2.75, 3.05) is 6.61 Å². The third-order valence-electron chi connectivity index (χ3n) is 9.42. The van der Waals surface area contributed by atoms with Gasteiger partial charge in [-0.3, -0.25) is 0 Å². The molecule has 2 saturated carbocycles. The third-order valence-corrected chi connectivity index (χ3v) is 9.42. The topological polar surface area (TPSA) is 116 Å². The highest BCUT2D eigenvalue weighted by molar-refractivity contribution is 5.32. The minimum Gasteiger partial charge on any atom is -0.459 e. The lowest BCUT2D eigenvalue weighted by Gasteiger charge is -2.55. The van der Waals surface area contributed by atoms with E-state index in [9.17, 15) is 33.6 Å². The zero-order valence-electron chi connectivity index (χ0n) is 20.6. The van der Waals surface area contributed by atoms with Gasteiger partial charge in [-0.05, 0) is 41.6 Å². The molecule has 10 heteroatoms. The molecule has 3 aliphatic carbocycles. The number of nitrogens with zero attached hydrogens (tertiary/aromatic N) is 2. The molecule has 1 aromatic rings. The van der Waals surface area contributed by atoms with Crippen LogP contribution in [0.3, 0.4) is 0 Å². The second-order valence-electron chi connectivity index (χ2n) is 11.3. The lowest BCUT2D eigenvalue weighted by Crippen LogP contribution is -2.68. The Morgan fingerprint density at radius 2 is 1.77 bits per heavy atom. The molecule has 4 N–H and O–H groups in total. The van der Waals surface area contributed by atoms with Gasteiger partial charge < -0.3 is 25.2 Å². The van der Waals surface area contributed by atoms with E-state index in [2.05, 4.69) is 23.8 Å². The summed E-state index contributed by atoms with van der Waals surface area (Å²) in [7, 11) is 0. The summed E-state index contributed by atoms with van der Waals surface area (Å²) in [6.45, 7) is 9.31. The quantitative estimate of drug-likeness (QED) is 0.460. The first kappa shape index (κ1) is 26.3. The zero-order chi connectivity index (χ0) is 26.1. The van der Waals surface area contributed by atoms with E-state index in [1.807, 2.05) is 6.92 Å². The SMILES string of the molecule is CC[C@H](O)[C@@]1(O)[C@H](O)C(COc2ncc(C(F)(F)F)cn2)=C[C@@H]2C(O)[C@]1(C)[C@H](C)C[C@@H]1[C@H]2C1(C)C. The molecule has 196 valence electrons. The normalized spacial score (nSPS) is 41.2. The summed E-state index contributed by atoms with van der Waals surface area (Å²) in [6, 6.07) is -0.320. The molecule has 0 saturated heterocycles. The molecule has 3 aliphatic rings. The Labute approximate surface area is 203 Å². The maximum atomic E-state index is 12.8. The summed E-state index contributed by atoms with van der Waals surface area (Å²) < 4.78 is 44.0. The average molecular weight is 501 g/mol. The van der Waals surface area contributed by atoms with Crippen LogP contribution in [-0.2, 0) is 6.18 Å². The molecule has 9 atom stereocenters. The smallest absolute Gasteiger partial charge is 0.419 e. The van der Waals surface area contributed by atoms with Gasteiger partial charge in [0.15, 0.2) is 0 Å². The van der Waals surface area contributed by atoms with E-state index in [4.69, 9.17) is 4.74 Å². The summed E-state index contributed by atoms with van der Waals surface area (Å²) in [5.74, 6) is -0.226. The Morgan fingerprint density at radius 1 is 1.17 bits per heavy atom. The summed E-state index contributed by atoms with van der Waals surface area (Å²) in [5, 5.41) is 46.3. The third kappa shape index (κ3) is 3.79. The van der Waals surface area contributed by atoms with Gasteiger partial charge in [0.05, 0.1) is 17.8 Å². The molecule has 2 fully saturated rings. The summed E-state index contributed by atoms with van der Waals surface area (Å²) in [6.07, 6.45) is -4.73. The lowest BCUT2D eigenvalue weighted by atomic mass is 9.56. The van der Waals surface area contributed by atoms with Crippen LogP contribution in [0.5, 0.6) is 6.01 Å². The largest absolute Gasteiger partial charge is 0.459 e. The minimum absolute atomic E-state index is 0.0446. The predicted octanol–water partition coefficient (Wildman–Crippen LogP) is 2.97. The molecule has 0 amide bonds. The Balaban J connectivity index is 1.73. The van der Waals surface area contributed by atoms with Gasteiger partial charge in [0.2, 0.25) is 0 Å². The fourth-order valence-corrected chi connectivity index (χ4v) is 6.92. The number of aliphatic hydroxyl groups is 4. The highest BCUT2D eigenvalue weighted by Gasteiger charge is 2.72. The Bertz CT molecular complexity index is 984. The molecule has 4 rings (SSSR count). The number of aromatic nitrogens is 2. The van der Waals surface area contributed by atoms with Gasteiger partial charge in [-0.15, -0.1) is 0 Å². The Kier molecular flexibility index (Phi) is 6.31. The molecule has 0 radical (unpaired) electrons. The number of rotatable bonds is 5. The molecule has 35 heavy (non-hydrogen) atoms. The van der Waals surface area contributed by atoms with Crippen molar-refractivity contribution in [2.24, 2.45) is 34.5 Å². The molecule has 0 spiro atoms. The molecule has 0 aliphatic heterocycles. The van der Waals surface area contributed by atoms with Crippen molar-refractivity contribution < 1.29 is 38.3 Å². The van der Waals surface area contributed by atoms with Gasteiger partial charge in [-0.2, -0.15) is 13.2 Å². The molecule has 1 heterocycles. The number of ether oxygens (including phenoxy) is 1. The number of halogens is 3. The van der Waals surface area contributed by atoms with Crippen molar-refractivity contribution in [1.29, 1.82) is 0 Å². The van der Waals surface area contributed by atoms with Crippen molar-refractivity contribution >= 4 is 0 Å². The minimum atomic E-state index is -4.59. The maximum Gasteiger partial charge on any atom is 0.419 e.